The maximum Gasteiger partial charge on any atom is 0.418 e. The number of carbonyl (C=O) groups excluding carboxylic acids is 1. The molecule has 0 saturated heterocycles. The van der Waals surface area contributed by atoms with Crippen LogP contribution >= 0.6 is 11.3 Å². The van der Waals surface area contributed by atoms with Crippen LogP contribution in [0.25, 0.3) is 0 Å². The molecule has 0 spiro atoms. The van der Waals surface area contributed by atoms with E-state index < -0.39 is 6.09 Å². The van der Waals surface area contributed by atoms with Crippen LogP contribution < -0.4 is 15.4 Å². The lowest BCUT2D eigenvalue weighted by molar-refractivity contribution is 0.214. The number of hydrogen-bond donors (Lipinski definition) is 2. The van der Waals surface area contributed by atoms with E-state index in [0.29, 0.717) is 17.6 Å². The Kier molecular flexibility index (Phi) is 3.74. The molecule has 110 valence electrons. The molecule has 0 unspecified atom stereocenters. The molecule has 2 heterocycles. The highest BCUT2D eigenvalue weighted by atomic mass is 32.1. The molecule has 1 amide bonds. The normalized spacial score (nSPS) is 13.8. The van der Waals surface area contributed by atoms with Gasteiger partial charge in [0, 0.05) is 23.6 Å². The van der Waals surface area contributed by atoms with E-state index in [-0.39, 0.29) is 0 Å². The van der Waals surface area contributed by atoms with Gasteiger partial charge in [-0.1, -0.05) is 11.3 Å². The molecule has 7 heteroatoms. The molecule has 3 rings (SSSR count). The van der Waals surface area contributed by atoms with Crippen LogP contribution in [0.4, 0.5) is 15.5 Å². The minimum absolute atomic E-state index is 0.340. The van der Waals surface area contributed by atoms with Gasteiger partial charge in [-0.25, -0.2) is 9.78 Å². The molecule has 6 nitrogen and oxygen atoms in total. The van der Waals surface area contributed by atoms with Crippen LogP contribution in [0.5, 0.6) is 5.88 Å². The Morgan fingerprint density at radius 1 is 1.43 bits per heavy atom. The van der Waals surface area contributed by atoms with E-state index in [0.717, 1.165) is 28.5 Å². The minimum atomic E-state index is -0.551. The Labute approximate surface area is 126 Å². The summed E-state index contributed by atoms with van der Waals surface area (Å²) in [6, 6.07) is 3.97. The molecule has 1 fully saturated rings. The molecule has 1 saturated carbocycles. The molecule has 2 aromatic heterocycles. The summed E-state index contributed by atoms with van der Waals surface area (Å²) in [6.07, 6.45) is 3.39. The molecule has 2 N–H and O–H groups in total. The van der Waals surface area contributed by atoms with E-state index in [2.05, 4.69) is 20.6 Å². The lowest BCUT2D eigenvalue weighted by Crippen LogP contribution is -2.17. The molecular formula is C14H16N4O2S. The van der Waals surface area contributed by atoms with Crippen LogP contribution in [0.2, 0.25) is 0 Å². The number of ether oxygens (including phenoxy) is 1. The third kappa shape index (κ3) is 3.69. The maximum absolute atomic E-state index is 11.9. The van der Waals surface area contributed by atoms with E-state index in [9.17, 15) is 4.79 Å². The highest BCUT2D eigenvalue weighted by molar-refractivity contribution is 7.16. The second-order valence-corrected chi connectivity index (χ2v) is 6.19. The lowest BCUT2D eigenvalue weighted by Gasteiger charge is -2.07. The van der Waals surface area contributed by atoms with Gasteiger partial charge < -0.3 is 10.1 Å². The molecule has 1 aliphatic rings. The van der Waals surface area contributed by atoms with E-state index in [4.69, 9.17) is 4.74 Å². The molecule has 21 heavy (non-hydrogen) atoms. The molecule has 1 aliphatic carbocycles. The summed E-state index contributed by atoms with van der Waals surface area (Å²) in [7, 11) is 0. The Balaban J connectivity index is 1.66. The molecular weight excluding hydrogens is 288 g/mol. The predicted molar refractivity (Wildman–Crippen MR) is 82.1 cm³/mol. The second kappa shape index (κ2) is 5.69. The zero-order valence-electron chi connectivity index (χ0n) is 11.8. The van der Waals surface area contributed by atoms with Gasteiger partial charge in [0.1, 0.15) is 0 Å². The Hall–Kier alpha value is -2.15. The number of anilines is 2. The highest BCUT2D eigenvalue weighted by Gasteiger charge is 2.24. The third-order valence-corrected chi connectivity index (χ3v) is 3.83. The van der Waals surface area contributed by atoms with Gasteiger partial charge in [-0.2, -0.15) is 0 Å². The van der Waals surface area contributed by atoms with E-state index in [1.54, 1.807) is 18.3 Å². The zero-order chi connectivity index (χ0) is 14.8. The number of aromatic nitrogens is 2. The molecule has 0 atom stereocenters. The number of nitrogens with one attached hydrogen (secondary N) is 2. The van der Waals surface area contributed by atoms with E-state index in [1.165, 1.54) is 11.3 Å². The Bertz CT molecular complexity index is 667. The van der Waals surface area contributed by atoms with Crippen molar-refractivity contribution in [1.29, 1.82) is 0 Å². The maximum atomic E-state index is 11.9. The first-order valence-electron chi connectivity index (χ1n) is 6.75. The number of rotatable bonds is 4. The van der Waals surface area contributed by atoms with E-state index in [1.807, 2.05) is 13.8 Å². The van der Waals surface area contributed by atoms with Crippen molar-refractivity contribution in [1.82, 2.24) is 9.97 Å². The molecule has 0 aliphatic heterocycles. The second-order valence-electron chi connectivity index (χ2n) is 4.99. The van der Waals surface area contributed by atoms with Crippen LogP contribution in [-0.4, -0.2) is 22.1 Å². The van der Waals surface area contributed by atoms with Crippen molar-refractivity contribution in [2.75, 3.05) is 10.6 Å². The molecule has 0 radical (unpaired) electrons. The van der Waals surface area contributed by atoms with Gasteiger partial charge in [0.05, 0.1) is 5.01 Å². The number of amides is 1. The van der Waals surface area contributed by atoms with Gasteiger partial charge >= 0.3 is 6.09 Å². The third-order valence-electron chi connectivity index (χ3n) is 2.95. The fourth-order valence-electron chi connectivity index (χ4n) is 1.84. The summed E-state index contributed by atoms with van der Waals surface area (Å²) in [5.41, 5.74) is 1.48. The summed E-state index contributed by atoms with van der Waals surface area (Å²) in [4.78, 5) is 20.3. The number of aryl methyl sites for hydroxylation is 2. The summed E-state index contributed by atoms with van der Waals surface area (Å²) >= 11 is 1.50. The van der Waals surface area contributed by atoms with Crippen LogP contribution in [0.15, 0.2) is 18.3 Å². The standard InChI is InChI=1S/C14H16N4O2S/c1-8-7-11(5-6-15-8)18-14(19)20-12-13(17-10-3-4-10)21-9(2)16-12/h5-7,10,17H,3-4H2,1-2H3,(H,15,18,19). The van der Waals surface area contributed by atoms with Crippen molar-refractivity contribution in [3.05, 3.63) is 29.0 Å². The highest BCUT2D eigenvalue weighted by Crippen LogP contribution is 2.35. The van der Waals surface area contributed by atoms with Crippen LogP contribution in [0.3, 0.4) is 0 Å². The quantitative estimate of drug-likeness (QED) is 0.906. The SMILES string of the molecule is Cc1cc(NC(=O)Oc2nc(C)sc2NC2CC2)ccn1. The Morgan fingerprint density at radius 3 is 2.95 bits per heavy atom. The van der Waals surface area contributed by atoms with Crippen molar-refractivity contribution in [2.45, 2.75) is 32.7 Å². The summed E-state index contributed by atoms with van der Waals surface area (Å²) in [5, 5.41) is 7.67. The summed E-state index contributed by atoms with van der Waals surface area (Å²) in [6.45, 7) is 3.75. The Morgan fingerprint density at radius 2 is 2.24 bits per heavy atom. The zero-order valence-corrected chi connectivity index (χ0v) is 12.7. The van der Waals surface area contributed by atoms with Crippen molar-refractivity contribution in [3.8, 4) is 5.88 Å². The van der Waals surface area contributed by atoms with Crippen molar-refractivity contribution in [3.63, 3.8) is 0 Å². The van der Waals surface area contributed by atoms with E-state index >= 15 is 0 Å². The summed E-state index contributed by atoms with van der Waals surface area (Å²) < 4.78 is 5.31. The first kappa shape index (κ1) is 13.8. The summed E-state index contributed by atoms with van der Waals surface area (Å²) in [5.74, 6) is 0.340. The predicted octanol–water partition coefficient (Wildman–Crippen LogP) is 3.34. The molecule has 2 aromatic rings. The average Bonchev–Trinajstić information content (AvgIpc) is 3.14. The van der Waals surface area contributed by atoms with Crippen molar-refractivity contribution < 1.29 is 9.53 Å². The van der Waals surface area contributed by atoms with Gasteiger partial charge in [-0.3, -0.25) is 10.3 Å². The van der Waals surface area contributed by atoms with Crippen LogP contribution in [0.1, 0.15) is 23.5 Å². The van der Waals surface area contributed by atoms with Gasteiger partial charge in [0.15, 0.2) is 5.00 Å². The fraction of sp³-hybridized carbons (Fsp3) is 0.357. The number of nitrogens with zero attached hydrogens (tertiary/aromatic N) is 2. The van der Waals surface area contributed by atoms with Gasteiger partial charge in [0.25, 0.3) is 5.88 Å². The molecule has 0 aromatic carbocycles. The van der Waals surface area contributed by atoms with Gasteiger partial charge in [-0.15, -0.1) is 0 Å². The van der Waals surface area contributed by atoms with Gasteiger partial charge in [-0.05, 0) is 38.8 Å². The van der Waals surface area contributed by atoms with Gasteiger partial charge in [0.2, 0.25) is 0 Å². The topological polar surface area (TPSA) is 76.1 Å². The largest absolute Gasteiger partial charge is 0.418 e. The number of carbonyl (C=O) groups is 1. The fourth-order valence-corrected chi connectivity index (χ4v) is 2.66. The first-order chi connectivity index (χ1) is 10.1. The first-order valence-corrected chi connectivity index (χ1v) is 7.57. The van der Waals surface area contributed by atoms with Crippen molar-refractivity contribution in [2.24, 2.45) is 0 Å². The number of hydrogen-bond acceptors (Lipinski definition) is 6. The van der Waals surface area contributed by atoms with Crippen molar-refractivity contribution >= 4 is 28.1 Å². The average molecular weight is 304 g/mol. The number of thiazole rings is 1. The minimum Gasteiger partial charge on any atom is -0.388 e. The van der Waals surface area contributed by atoms with Crippen LogP contribution in [0, 0.1) is 13.8 Å². The lowest BCUT2D eigenvalue weighted by atomic mass is 10.3. The molecule has 0 bridgehead atoms. The monoisotopic (exact) mass is 304 g/mol. The smallest absolute Gasteiger partial charge is 0.388 e. The number of pyridine rings is 1. The van der Waals surface area contributed by atoms with Crippen LogP contribution in [-0.2, 0) is 0 Å².